The lowest BCUT2D eigenvalue weighted by Crippen LogP contribution is -2.31. The first kappa shape index (κ1) is 14.9. The molecule has 0 aliphatic carbocycles. The van der Waals surface area contributed by atoms with E-state index in [-0.39, 0.29) is 11.3 Å². The first-order chi connectivity index (χ1) is 8.79. The van der Waals surface area contributed by atoms with Gasteiger partial charge in [-0.3, -0.25) is 4.79 Å². The fourth-order valence-electron chi connectivity index (χ4n) is 2.48. The zero-order chi connectivity index (χ0) is 14.2. The highest BCUT2D eigenvalue weighted by Crippen LogP contribution is 2.34. The van der Waals surface area contributed by atoms with Gasteiger partial charge in [-0.1, -0.05) is 32.4 Å². The molecule has 1 aromatic carbocycles. The highest BCUT2D eigenvalue weighted by Gasteiger charge is 2.34. The van der Waals surface area contributed by atoms with Gasteiger partial charge in [0.05, 0.1) is 5.56 Å². The molecule has 0 aromatic heterocycles. The summed E-state index contributed by atoms with van der Waals surface area (Å²) in [5.41, 5.74) is 0.905. The van der Waals surface area contributed by atoms with Crippen LogP contribution in [0.5, 0.6) is 0 Å². The second kappa shape index (κ2) is 5.45. The van der Waals surface area contributed by atoms with Crippen molar-refractivity contribution in [2.24, 2.45) is 11.3 Å². The summed E-state index contributed by atoms with van der Waals surface area (Å²) in [6, 6.07) is 5.34. The molecular weight excluding hydrogens is 326 g/mol. The van der Waals surface area contributed by atoms with E-state index in [9.17, 15) is 4.79 Å². The van der Waals surface area contributed by atoms with E-state index in [1.807, 2.05) is 11.0 Å². The molecule has 0 bridgehead atoms. The van der Waals surface area contributed by atoms with Crippen LogP contribution in [0.1, 0.15) is 37.6 Å². The molecular formula is C15H19BrClNO. The van der Waals surface area contributed by atoms with Crippen molar-refractivity contribution in [2.75, 3.05) is 13.1 Å². The number of hydrogen-bond acceptors (Lipinski definition) is 1. The minimum atomic E-state index is 0.0705. The Morgan fingerprint density at radius 3 is 2.68 bits per heavy atom. The molecule has 1 aromatic rings. The van der Waals surface area contributed by atoms with E-state index in [0.29, 0.717) is 16.5 Å². The van der Waals surface area contributed by atoms with Gasteiger partial charge in [0.2, 0.25) is 0 Å². The van der Waals surface area contributed by atoms with Crippen LogP contribution < -0.4 is 0 Å². The summed E-state index contributed by atoms with van der Waals surface area (Å²) in [5.74, 6) is 0.635. The van der Waals surface area contributed by atoms with Crippen LogP contribution in [0.15, 0.2) is 22.7 Å². The molecule has 19 heavy (non-hydrogen) atoms. The van der Waals surface area contributed by atoms with Gasteiger partial charge < -0.3 is 4.90 Å². The predicted octanol–water partition coefficient (Wildman–Crippen LogP) is 4.61. The van der Waals surface area contributed by atoms with Crippen molar-refractivity contribution in [1.82, 2.24) is 4.90 Å². The molecule has 1 aliphatic rings. The molecule has 1 aliphatic heterocycles. The van der Waals surface area contributed by atoms with Crippen molar-refractivity contribution < 1.29 is 4.79 Å². The predicted molar refractivity (Wildman–Crippen MR) is 82.6 cm³/mol. The van der Waals surface area contributed by atoms with Gasteiger partial charge in [0.25, 0.3) is 5.91 Å². The zero-order valence-electron chi connectivity index (χ0n) is 11.5. The van der Waals surface area contributed by atoms with E-state index in [2.05, 4.69) is 36.7 Å². The maximum absolute atomic E-state index is 12.5. The third-order valence-corrected chi connectivity index (χ3v) is 4.79. The molecule has 1 saturated heterocycles. The second-order valence-electron chi connectivity index (χ2n) is 6.23. The monoisotopic (exact) mass is 343 g/mol. The smallest absolute Gasteiger partial charge is 0.255 e. The number of hydrogen-bond donors (Lipinski definition) is 0. The molecule has 104 valence electrons. The van der Waals surface area contributed by atoms with Crippen LogP contribution in [0, 0.1) is 11.3 Å². The van der Waals surface area contributed by atoms with Crippen molar-refractivity contribution in [1.29, 1.82) is 0 Å². The molecule has 1 heterocycles. The lowest BCUT2D eigenvalue weighted by atomic mass is 9.80. The number of carbonyl (C=O) groups excluding carboxylic acids is 1. The van der Waals surface area contributed by atoms with E-state index in [4.69, 9.17) is 11.6 Å². The maximum Gasteiger partial charge on any atom is 0.255 e. The van der Waals surface area contributed by atoms with Gasteiger partial charge >= 0.3 is 0 Å². The molecule has 1 fully saturated rings. The van der Waals surface area contributed by atoms with Crippen LogP contribution in [-0.4, -0.2) is 23.9 Å². The Morgan fingerprint density at radius 1 is 1.42 bits per heavy atom. The second-order valence-corrected chi connectivity index (χ2v) is 7.52. The number of carbonyl (C=O) groups is 1. The summed E-state index contributed by atoms with van der Waals surface area (Å²) < 4.78 is 0.807. The Morgan fingerprint density at radius 2 is 2.11 bits per heavy atom. The van der Waals surface area contributed by atoms with E-state index < -0.39 is 0 Å². The van der Waals surface area contributed by atoms with Gasteiger partial charge in [-0.2, -0.15) is 0 Å². The third-order valence-electron chi connectivity index (χ3n) is 3.86. The summed E-state index contributed by atoms with van der Waals surface area (Å²) >= 11 is 9.40. The molecule has 4 heteroatoms. The van der Waals surface area contributed by atoms with Gasteiger partial charge in [-0.25, -0.2) is 0 Å². The van der Waals surface area contributed by atoms with Crippen LogP contribution in [-0.2, 0) is 0 Å². The van der Waals surface area contributed by atoms with E-state index in [1.54, 1.807) is 12.1 Å². The minimum absolute atomic E-state index is 0.0705. The van der Waals surface area contributed by atoms with Crippen LogP contribution >= 0.6 is 27.5 Å². The van der Waals surface area contributed by atoms with Gasteiger partial charge in [-0.05, 0) is 51.9 Å². The largest absolute Gasteiger partial charge is 0.338 e. The van der Waals surface area contributed by atoms with Crippen molar-refractivity contribution >= 4 is 33.4 Å². The van der Waals surface area contributed by atoms with Crippen molar-refractivity contribution in [3.8, 4) is 0 Å². The average molecular weight is 345 g/mol. The lowest BCUT2D eigenvalue weighted by molar-refractivity contribution is 0.0775. The van der Waals surface area contributed by atoms with Gasteiger partial charge in [0, 0.05) is 22.6 Å². The fraction of sp³-hybridized carbons (Fsp3) is 0.533. The average Bonchev–Trinajstić information content (AvgIpc) is 2.80. The Hall–Kier alpha value is -0.540. The normalized spacial score (nSPS) is 19.8. The van der Waals surface area contributed by atoms with Crippen LogP contribution in [0.25, 0.3) is 0 Å². The molecule has 2 nitrogen and oxygen atoms in total. The number of likely N-dealkylation sites (tertiary alicyclic amines) is 1. The molecule has 1 unspecified atom stereocenters. The molecule has 0 N–H and O–H groups in total. The Bertz CT molecular complexity index is 495. The first-order valence-electron chi connectivity index (χ1n) is 6.53. The highest BCUT2D eigenvalue weighted by molar-refractivity contribution is 9.10. The van der Waals surface area contributed by atoms with E-state index in [1.165, 1.54) is 0 Å². The summed E-state index contributed by atoms with van der Waals surface area (Å²) in [6.07, 6.45) is 1.08. The fourth-order valence-corrected chi connectivity index (χ4v) is 3.07. The van der Waals surface area contributed by atoms with Gasteiger partial charge in [-0.15, -0.1) is 0 Å². The molecule has 1 amide bonds. The number of benzene rings is 1. The summed E-state index contributed by atoms with van der Waals surface area (Å²) in [5, 5.41) is 0.595. The first-order valence-corrected chi connectivity index (χ1v) is 7.70. The Kier molecular flexibility index (Phi) is 4.26. The Balaban J connectivity index is 2.16. The summed E-state index contributed by atoms with van der Waals surface area (Å²) in [6.45, 7) is 8.38. The van der Waals surface area contributed by atoms with E-state index >= 15 is 0 Å². The maximum atomic E-state index is 12.5. The summed E-state index contributed by atoms with van der Waals surface area (Å²) in [7, 11) is 0. The van der Waals surface area contributed by atoms with Gasteiger partial charge in [0.15, 0.2) is 0 Å². The van der Waals surface area contributed by atoms with Crippen LogP contribution in [0.4, 0.5) is 0 Å². The molecule has 1 atom stereocenters. The third kappa shape index (κ3) is 3.32. The van der Waals surface area contributed by atoms with E-state index in [0.717, 1.165) is 24.0 Å². The van der Waals surface area contributed by atoms with Crippen molar-refractivity contribution in [3.05, 3.63) is 33.3 Å². The number of nitrogens with zero attached hydrogens (tertiary/aromatic N) is 1. The minimum Gasteiger partial charge on any atom is -0.338 e. The van der Waals surface area contributed by atoms with Crippen molar-refractivity contribution in [2.45, 2.75) is 27.2 Å². The topological polar surface area (TPSA) is 20.3 Å². The standard InChI is InChI=1S/C15H19BrClNO/c1-15(2,3)10-6-7-18(9-10)14(19)12-8-11(17)4-5-13(12)16/h4-5,8,10H,6-7,9H2,1-3H3. The van der Waals surface area contributed by atoms with Gasteiger partial charge in [0.1, 0.15) is 0 Å². The van der Waals surface area contributed by atoms with Crippen molar-refractivity contribution in [3.63, 3.8) is 0 Å². The molecule has 0 radical (unpaired) electrons. The number of halogens is 2. The lowest BCUT2D eigenvalue weighted by Gasteiger charge is -2.27. The van der Waals surface area contributed by atoms with Crippen LogP contribution in [0.2, 0.25) is 5.02 Å². The number of amides is 1. The molecule has 0 saturated carbocycles. The highest BCUT2D eigenvalue weighted by atomic mass is 79.9. The quantitative estimate of drug-likeness (QED) is 0.728. The van der Waals surface area contributed by atoms with Crippen LogP contribution in [0.3, 0.4) is 0 Å². The SMILES string of the molecule is CC(C)(C)C1CCN(C(=O)c2cc(Cl)ccc2Br)C1. The molecule has 2 rings (SSSR count). The number of rotatable bonds is 1. The zero-order valence-corrected chi connectivity index (χ0v) is 13.9. The Labute approximate surface area is 128 Å². The molecule has 0 spiro atoms. The summed E-state index contributed by atoms with van der Waals surface area (Å²) in [4.78, 5) is 14.5.